The molecule has 9 nitrogen and oxygen atoms in total. The molecule has 3 atom stereocenters. The SMILES string of the molecule is C[NH+](C)CC[NH+]1CCn2c(c([C@@H]3CCCC[C@H]3F)c3ccc(C(N)=O)cc32)-c2ccccc2C1.O=C([O-])C(F)(F)F.O=C([O-])C(F)(F)F. The van der Waals surface area contributed by atoms with Crippen LogP contribution < -0.4 is 25.7 Å². The Morgan fingerprint density at radius 1 is 0.958 bits per heavy atom. The van der Waals surface area contributed by atoms with E-state index in [0.717, 1.165) is 74.1 Å². The number of fused-ring (bicyclic) bond motifs is 5. The van der Waals surface area contributed by atoms with Gasteiger partial charge in [-0.2, -0.15) is 26.3 Å². The lowest BCUT2D eigenvalue weighted by atomic mass is 9.80. The van der Waals surface area contributed by atoms with Crippen molar-refractivity contribution < 1.29 is 65.1 Å². The number of carboxylic acids is 2. The van der Waals surface area contributed by atoms with E-state index in [1.807, 2.05) is 12.1 Å². The highest BCUT2D eigenvalue weighted by molar-refractivity contribution is 6.00. The van der Waals surface area contributed by atoms with Gasteiger partial charge in [0.1, 0.15) is 37.7 Å². The smallest absolute Gasteiger partial charge is 0.430 e. The fourth-order valence-corrected chi connectivity index (χ4v) is 6.01. The molecule has 1 saturated carbocycles. The fraction of sp³-hybridized carbons (Fsp3) is 0.469. The summed E-state index contributed by atoms with van der Waals surface area (Å²) >= 11 is 0. The number of alkyl halides is 7. The van der Waals surface area contributed by atoms with E-state index in [0.29, 0.717) is 12.0 Å². The van der Waals surface area contributed by atoms with Gasteiger partial charge in [0.25, 0.3) is 0 Å². The predicted octanol–water partition coefficient (Wildman–Crippen LogP) is 0.543. The Hall–Kier alpha value is -4.18. The number of nitrogens with one attached hydrogen (secondary N) is 2. The first-order valence-corrected chi connectivity index (χ1v) is 15.2. The zero-order valence-electron chi connectivity index (χ0n) is 26.3. The summed E-state index contributed by atoms with van der Waals surface area (Å²) in [4.78, 5) is 32.6. The number of halogens is 7. The number of nitrogens with two attached hydrogens (primary N) is 1. The van der Waals surface area contributed by atoms with Crippen molar-refractivity contribution in [2.45, 2.75) is 63.2 Å². The molecule has 2 heterocycles. The van der Waals surface area contributed by atoms with Crippen LogP contribution in [0.5, 0.6) is 0 Å². The molecule has 2 aromatic carbocycles. The predicted molar refractivity (Wildman–Crippen MR) is 156 cm³/mol. The van der Waals surface area contributed by atoms with Crippen LogP contribution in [0.2, 0.25) is 0 Å². The molecular formula is C32H37F7N4O5. The van der Waals surface area contributed by atoms with E-state index in [1.165, 1.54) is 16.0 Å². The Morgan fingerprint density at radius 3 is 2.08 bits per heavy atom. The summed E-state index contributed by atoms with van der Waals surface area (Å²) in [6.07, 6.45) is -7.70. The van der Waals surface area contributed by atoms with E-state index in [4.69, 9.17) is 25.5 Å². The van der Waals surface area contributed by atoms with Gasteiger partial charge < -0.3 is 39.9 Å². The number of rotatable bonds is 5. The molecule has 1 unspecified atom stereocenters. The summed E-state index contributed by atoms with van der Waals surface area (Å²) in [5.41, 5.74) is 12.0. The topological polar surface area (TPSA) is 137 Å². The summed E-state index contributed by atoms with van der Waals surface area (Å²) in [5, 5.41) is 18.6. The molecule has 1 amide bonds. The van der Waals surface area contributed by atoms with Gasteiger partial charge in [-0.25, -0.2) is 4.39 Å². The molecule has 4 N–H and O–H groups in total. The lowest BCUT2D eigenvalue weighted by Crippen LogP contribution is -3.17. The first-order valence-electron chi connectivity index (χ1n) is 15.2. The summed E-state index contributed by atoms with van der Waals surface area (Å²) in [5.74, 6) is -6.55. The van der Waals surface area contributed by atoms with Gasteiger partial charge >= 0.3 is 12.4 Å². The number of primary amides is 1. The lowest BCUT2D eigenvalue weighted by Gasteiger charge is -2.29. The summed E-state index contributed by atoms with van der Waals surface area (Å²) in [6, 6.07) is 14.4. The Kier molecular flexibility index (Phi) is 12.6. The maximum atomic E-state index is 15.4. The number of likely N-dealkylation sites (N-methyl/N-ethyl adjacent to an activating group) is 1. The van der Waals surface area contributed by atoms with Crippen molar-refractivity contribution in [1.29, 1.82) is 0 Å². The van der Waals surface area contributed by atoms with Crippen molar-refractivity contribution in [3.8, 4) is 11.3 Å². The van der Waals surface area contributed by atoms with Crippen LogP contribution in [0.15, 0.2) is 42.5 Å². The number of amides is 1. The number of hydrogen-bond acceptors (Lipinski definition) is 5. The van der Waals surface area contributed by atoms with Gasteiger partial charge in [-0.15, -0.1) is 0 Å². The van der Waals surface area contributed by atoms with Gasteiger partial charge in [0.15, 0.2) is 0 Å². The number of hydrogen-bond donors (Lipinski definition) is 3. The minimum atomic E-state index is -5.19. The number of aromatic nitrogens is 1. The van der Waals surface area contributed by atoms with Crippen LogP contribution >= 0.6 is 0 Å². The zero-order valence-corrected chi connectivity index (χ0v) is 26.3. The first kappa shape index (κ1) is 38.3. The van der Waals surface area contributed by atoms with Crippen molar-refractivity contribution in [3.63, 3.8) is 0 Å². The molecule has 5 rings (SSSR count). The molecule has 1 aliphatic heterocycles. The van der Waals surface area contributed by atoms with Gasteiger partial charge in [-0.3, -0.25) is 4.79 Å². The van der Waals surface area contributed by atoms with E-state index < -0.39 is 36.4 Å². The van der Waals surface area contributed by atoms with Crippen LogP contribution in [0.25, 0.3) is 22.2 Å². The molecule has 1 aliphatic carbocycles. The summed E-state index contributed by atoms with van der Waals surface area (Å²) in [7, 11) is 4.40. The Bertz CT molecular complexity index is 1580. The van der Waals surface area contributed by atoms with Crippen LogP contribution in [0, 0.1) is 0 Å². The van der Waals surface area contributed by atoms with Crippen LogP contribution in [-0.4, -0.2) is 74.7 Å². The Morgan fingerprint density at radius 2 is 1.54 bits per heavy atom. The average Bonchev–Trinajstić information content (AvgIpc) is 3.30. The molecule has 2 aliphatic rings. The summed E-state index contributed by atoms with van der Waals surface area (Å²) in [6.45, 7) is 5.01. The second-order valence-electron chi connectivity index (χ2n) is 12.0. The highest BCUT2D eigenvalue weighted by atomic mass is 19.4. The van der Waals surface area contributed by atoms with Crippen LogP contribution in [0.4, 0.5) is 30.7 Å². The van der Waals surface area contributed by atoms with E-state index in [-0.39, 0.29) is 5.92 Å². The normalized spacial score (nSPS) is 19.4. The molecule has 264 valence electrons. The monoisotopic (exact) mass is 690 g/mol. The standard InChI is InChI=1S/C28H35FN4O.2C2HF3O2/c1-31(2)13-14-32-15-16-33-25-17-19(28(30)34)11-12-23(25)26(22-9-5-6-10-24(22)29)27(33)21-8-4-3-7-20(21)18-32;2*3-2(4,5)1(6)7/h3-4,7-8,11-12,17,22,24H,5-6,9-10,13-16,18H2,1-2H3,(H2,30,34);2*(H,6,7)/t22-,24-;;/m1../s1. The first-order chi connectivity index (χ1) is 22.3. The minimum absolute atomic E-state index is 0.111. The molecule has 0 bridgehead atoms. The molecule has 1 fully saturated rings. The zero-order chi connectivity index (χ0) is 36.0. The summed E-state index contributed by atoms with van der Waals surface area (Å²) < 4.78 is 80.9. The van der Waals surface area contributed by atoms with Crippen LogP contribution in [-0.2, 0) is 22.7 Å². The lowest BCUT2D eigenvalue weighted by molar-refractivity contribution is -0.951. The number of quaternary nitrogens is 2. The quantitative estimate of drug-likeness (QED) is 0.336. The third-order valence-electron chi connectivity index (χ3n) is 8.28. The van der Waals surface area contributed by atoms with Gasteiger partial charge in [0.05, 0.1) is 32.9 Å². The van der Waals surface area contributed by atoms with Crippen molar-refractivity contribution in [2.24, 2.45) is 5.73 Å². The van der Waals surface area contributed by atoms with Crippen molar-refractivity contribution >= 4 is 28.7 Å². The number of carbonyl (C=O) groups is 3. The second kappa shape index (κ2) is 15.8. The average molecular weight is 691 g/mol. The second-order valence-corrected chi connectivity index (χ2v) is 12.0. The highest BCUT2D eigenvalue weighted by Crippen LogP contribution is 2.46. The van der Waals surface area contributed by atoms with Crippen LogP contribution in [0.3, 0.4) is 0 Å². The van der Waals surface area contributed by atoms with Crippen molar-refractivity contribution in [1.82, 2.24) is 4.57 Å². The van der Waals surface area contributed by atoms with Gasteiger partial charge in [-0.05, 0) is 30.5 Å². The maximum absolute atomic E-state index is 15.4. The molecule has 16 heteroatoms. The Labute approximate surface area is 271 Å². The largest absolute Gasteiger partial charge is 0.542 e. The third kappa shape index (κ3) is 9.69. The number of aliphatic carboxylic acids is 2. The van der Waals surface area contributed by atoms with E-state index in [1.54, 1.807) is 11.0 Å². The van der Waals surface area contributed by atoms with E-state index in [2.05, 4.69) is 42.9 Å². The molecule has 3 aromatic rings. The van der Waals surface area contributed by atoms with Gasteiger partial charge in [0, 0.05) is 33.5 Å². The van der Waals surface area contributed by atoms with Gasteiger partial charge in [0.2, 0.25) is 5.91 Å². The van der Waals surface area contributed by atoms with Crippen molar-refractivity contribution in [3.05, 3.63) is 59.2 Å². The van der Waals surface area contributed by atoms with Gasteiger partial charge in [-0.1, -0.05) is 43.2 Å². The minimum Gasteiger partial charge on any atom is -0.542 e. The number of benzene rings is 2. The molecule has 48 heavy (non-hydrogen) atoms. The van der Waals surface area contributed by atoms with E-state index in [9.17, 15) is 31.1 Å². The van der Waals surface area contributed by atoms with E-state index >= 15 is 4.39 Å². The molecular weight excluding hydrogens is 653 g/mol. The number of nitrogens with zero attached hydrogens (tertiary/aromatic N) is 1. The molecule has 0 saturated heterocycles. The Balaban J connectivity index is 0.000000376. The highest BCUT2D eigenvalue weighted by Gasteiger charge is 2.35. The maximum Gasteiger partial charge on any atom is 0.430 e. The molecule has 0 spiro atoms. The molecule has 1 aromatic heterocycles. The number of carbonyl (C=O) groups excluding carboxylic acids is 3. The third-order valence-corrected chi connectivity index (χ3v) is 8.28. The number of carboxylic acid groups (broad SMARTS) is 2. The molecule has 0 radical (unpaired) electrons. The van der Waals surface area contributed by atoms with Crippen LogP contribution in [0.1, 0.15) is 53.1 Å². The van der Waals surface area contributed by atoms with Crippen molar-refractivity contribution in [2.75, 3.05) is 33.7 Å². The fourth-order valence-electron chi connectivity index (χ4n) is 6.01.